The average Bonchev–Trinajstić information content (AvgIpc) is 2.63. The third kappa shape index (κ3) is 2.28. The second-order valence-electron chi connectivity index (χ2n) is 4.97. The van der Waals surface area contributed by atoms with Crippen molar-refractivity contribution in [3.63, 3.8) is 0 Å². The van der Waals surface area contributed by atoms with Crippen molar-refractivity contribution >= 4 is 0 Å². The van der Waals surface area contributed by atoms with E-state index in [1.807, 2.05) is 18.5 Å². The molecule has 0 aliphatic heterocycles. The predicted molar refractivity (Wildman–Crippen MR) is 77.6 cm³/mol. The van der Waals surface area contributed by atoms with Gasteiger partial charge in [-0.3, -0.25) is 4.98 Å². The van der Waals surface area contributed by atoms with Crippen molar-refractivity contribution in [3.05, 3.63) is 40.0 Å². The summed E-state index contributed by atoms with van der Waals surface area (Å²) in [7, 11) is 0. The van der Waals surface area contributed by atoms with Crippen LogP contribution in [-0.2, 0) is 13.0 Å². The Morgan fingerprint density at radius 2 is 1.79 bits per heavy atom. The van der Waals surface area contributed by atoms with Crippen LogP contribution in [-0.4, -0.2) is 14.8 Å². The van der Waals surface area contributed by atoms with Gasteiger partial charge in [0.1, 0.15) is 0 Å². The number of rotatable bonds is 3. The monoisotopic (exact) mass is 258 g/mol. The van der Waals surface area contributed by atoms with E-state index in [-0.39, 0.29) is 0 Å². The number of pyridine rings is 1. The fourth-order valence-electron chi connectivity index (χ4n) is 2.70. The molecule has 0 aliphatic carbocycles. The lowest BCUT2D eigenvalue weighted by molar-refractivity contribution is 0.805. The molecule has 0 bridgehead atoms. The van der Waals surface area contributed by atoms with Gasteiger partial charge in [0.25, 0.3) is 0 Å². The van der Waals surface area contributed by atoms with Gasteiger partial charge < -0.3 is 5.73 Å². The number of hydrogen-bond acceptors (Lipinski definition) is 3. The third-order valence-corrected chi connectivity index (χ3v) is 3.66. The van der Waals surface area contributed by atoms with Gasteiger partial charge in [0, 0.05) is 29.2 Å². The van der Waals surface area contributed by atoms with Gasteiger partial charge in [0.15, 0.2) is 0 Å². The maximum atomic E-state index is 5.89. The highest BCUT2D eigenvalue weighted by molar-refractivity contribution is 5.46. The topological polar surface area (TPSA) is 56.7 Å². The van der Waals surface area contributed by atoms with Gasteiger partial charge in [-0.05, 0) is 45.7 Å². The molecule has 0 saturated carbocycles. The Balaban J connectivity index is 2.71. The van der Waals surface area contributed by atoms with Crippen LogP contribution in [0.25, 0.3) is 5.69 Å². The van der Waals surface area contributed by atoms with Gasteiger partial charge in [0.2, 0.25) is 0 Å². The fourth-order valence-corrected chi connectivity index (χ4v) is 2.70. The quantitative estimate of drug-likeness (QED) is 0.920. The Morgan fingerprint density at radius 1 is 1.11 bits per heavy atom. The molecule has 0 unspecified atom stereocenters. The van der Waals surface area contributed by atoms with Crippen LogP contribution in [0.3, 0.4) is 0 Å². The van der Waals surface area contributed by atoms with Crippen LogP contribution in [0, 0.1) is 27.7 Å². The maximum Gasteiger partial charge on any atom is 0.0729 e. The minimum atomic E-state index is 0.480. The molecule has 0 aliphatic rings. The SMILES string of the molecule is CCc1c(C)nn(-c2cc(C)nc(C)c2CN)c1C. The maximum absolute atomic E-state index is 5.89. The number of hydrogen-bond donors (Lipinski definition) is 1. The van der Waals surface area contributed by atoms with Crippen LogP contribution in [0.2, 0.25) is 0 Å². The van der Waals surface area contributed by atoms with E-state index >= 15 is 0 Å². The van der Waals surface area contributed by atoms with E-state index < -0.39 is 0 Å². The zero-order valence-electron chi connectivity index (χ0n) is 12.4. The molecule has 2 heterocycles. The van der Waals surface area contributed by atoms with E-state index in [1.54, 1.807) is 0 Å². The van der Waals surface area contributed by atoms with Crippen LogP contribution in [0.15, 0.2) is 6.07 Å². The average molecular weight is 258 g/mol. The normalized spacial score (nSPS) is 11.1. The number of nitrogens with two attached hydrogens (primary N) is 1. The first-order valence-electron chi connectivity index (χ1n) is 6.72. The summed E-state index contributed by atoms with van der Waals surface area (Å²) >= 11 is 0. The molecule has 4 nitrogen and oxygen atoms in total. The standard InChI is InChI=1S/C15H22N4/c1-6-13-11(4)18-19(12(13)5)15-7-9(2)17-10(3)14(15)8-16/h7H,6,8,16H2,1-5H3. The summed E-state index contributed by atoms with van der Waals surface area (Å²) in [6, 6.07) is 2.06. The molecule has 0 fully saturated rings. The lowest BCUT2D eigenvalue weighted by atomic mass is 10.1. The van der Waals surface area contributed by atoms with Crippen molar-refractivity contribution in [2.45, 2.75) is 47.6 Å². The molecule has 2 N–H and O–H groups in total. The van der Waals surface area contributed by atoms with Gasteiger partial charge in [-0.15, -0.1) is 0 Å². The zero-order chi connectivity index (χ0) is 14.2. The van der Waals surface area contributed by atoms with Crippen LogP contribution in [0.1, 0.15) is 40.8 Å². The zero-order valence-corrected chi connectivity index (χ0v) is 12.4. The number of aryl methyl sites for hydroxylation is 3. The summed E-state index contributed by atoms with van der Waals surface area (Å²) in [5.41, 5.74) is 13.6. The van der Waals surface area contributed by atoms with E-state index in [9.17, 15) is 0 Å². The van der Waals surface area contributed by atoms with E-state index in [2.05, 4.69) is 36.9 Å². The van der Waals surface area contributed by atoms with Crippen molar-refractivity contribution in [1.29, 1.82) is 0 Å². The molecular weight excluding hydrogens is 236 g/mol. The van der Waals surface area contributed by atoms with Crippen molar-refractivity contribution < 1.29 is 0 Å². The second kappa shape index (κ2) is 5.13. The Bertz CT molecular complexity index is 611. The molecule has 102 valence electrons. The fraction of sp³-hybridized carbons (Fsp3) is 0.467. The largest absolute Gasteiger partial charge is 0.326 e. The van der Waals surface area contributed by atoms with Gasteiger partial charge in [0.05, 0.1) is 11.4 Å². The minimum Gasteiger partial charge on any atom is -0.326 e. The van der Waals surface area contributed by atoms with E-state index in [0.717, 1.165) is 34.8 Å². The first-order chi connectivity index (χ1) is 8.99. The van der Waals surface area contributed by atoms with Gasteiger partial charge in [-0.25, -0.2) is 4.68 Å². The third-order valence-electron chi connectivity index (χ3n) is 3.66. The molecule has 0 aromatic carbocycles. The summed E-state index contributed by atoms with van der Waals surface area (Å²) in [5.74, 6) is 0. The second-order valence-corrected chi connectivity index (χ2v) is 4.97. The number of aromatic nitrogens is 3. The van der Waals surface area contributed by atoms with Crippen molar-refractivity contribution in [3.8, 4) is 5.69 Å². The van der Waals surface area contributed by atoms with Gasteiger partial charge in [-0.2, -0.15) is 5.10 Å². The Kier molecular flexibility index (Phi) is 3.71. The summed E-state index contributed by atoms with van der Waals surface area (Å²) in [6.07, 6.45) is 0.999. The van der Waals surface area contributed by atoms with E-state index in [4.69, 9.17) is 5.73 Å². The smallest absolute Gasteiger partial charge is 0.0729 e. The molecule has 0 saturated heterocycles. The van der Waals surface area contributed by atoms with Gasteiger partial charge >= 0.3 is 0 Å². The molecule has 0 radical (unpaired) electrons. The molecule has 2 aromatic heterocycles. The predicted octanol–water partition coefficient (Wildman–Crippen LogP) is 2.52. The first-order valence-corrected chi connectivity index (χ1v) is 6.72. The highest BCUT2D eigenvalue weighted by Crippen LogP contribution is 2.23. The lowest BCUT2D eigenvalue weighted by Gasteiger charge is -2.13. The first kappa shape index (κ1) is 13.7. The summed E-state index contributed by atoms with van der Waals surface area (Å²) in [5, 5.41) is 4.68. The van der Waals surface area contributed by atoms with E-state index in [0.29, 0.717) is 6.54 Å². The van der Waals surface area contributed by atoms with Gasteiger partial charge in [-0.1, -0.05) is 6.92 Å². The molecule has 0 atom stereocenters. The number of nitrogens with zero attached hydrogens (tertiary/aromatic N) is 3. The molecule has 2 aromatic rings. The molecule has 19 heavy (non-hydrogen) atoms. The molecule has 4 heteroatoms. The Labute approximate surface area is 114 Å². The molecule has 2 rings (SSSR count). The molecule has 0 amide bonds. The minimum absolute atomic E-state index is 0.480. The summed E-state index contributed by atoms with van der Waals surface area (Å²) in [6.45, 7) is 10.8. The van der Waals surface area contributed by atoms with Crippen LogP contribution in [0.5, 0.6) is 0 Å². The van der Waals surface area contributed by atoms with Crippen LogP contribution in [0.4, 0.5) is 0 Å². The molecular formula is C15H22N4. The van der Waals surface area contributed by atoms with E-state index in [1.165, 1.54) is 11.3 Å². The van der Waals surface area contributed by atoms with Crippen molar-refractivity contribution in [2.75, 3.05) is 0 Å². The van der Waals surface area contributed by atoms with Crippen LogP contribution < -0.4 is 5.73 Å². The highest BCUT2D eigenvalue weighted by Gasteiger charge is 2.15. The Morgan fingerprint density at radius 3 is 2.32 bits per heavy atom. The summed E-state index contributed by atoms with van der Waals surface area (Å²) < 4.78 is 2.01. The van der Waals surface area contributed by atoms with Crippen LogP contribution >= 0.6 is 0 Å². The van der Waals surface area contributed by atoms with Crippen molar-refractivity contribution in [2.24, 2.45) is 5.73 Å². The molecule has 0 spiro atoms. The lowest BCUT2D eigenvalue weighted by Crippen LogP contribution is -2.11. The Hall–Kier alpha value is -1.68. The highest BCUT2D eigenvalue weighted by atomic mass is 15.3. The summed E-state index contributed by atoms with van der Waals surface area (Å²) in [4.78, 5) is 4.49. The van der Waals surface area contributed by atoms with Crippen molar-refractivity contribution in [1.82, 2.24) is 14.8 Å².